The minimum Gasteiger partial charge on any atom is -0.465 e. The summed E-state index contributed by atoms with van der Waals surface area (Å²) in [4.78, 5) is 35.0. The van der Waals surface area contributed by atoms with Crippen molar-refractivity contribution < 1.29 is 28.2 Å². The number of rotatable bonds is 6. The van der Waals surface area contributed by atoms with Gasteiger partial charge in [-0.05, 0) is 48.4 Å². The molecule has 136 valence electrons. The van der Waals surface area contributed by atoms with E-state index < -0.39 is 24.5 Å². The van der Waals surface area contributed by atoms with Crippen LogP contribution >= 0.6 is 0 Å². The van der Waals surface area contributed by atoms with Crippen LogP contribution in [0.5, 0.6) is 0 Å². The number of hydrogen-bond donors (Lipinski definition) is 1. The molecular weight excluding hydrogens is 341 g/mol. The Bertz CT molecular complexity index is 817. The minimum atomic E-state index is -0.696. The van der Waals surface area contributed by atoms with Crippen molar-refractivity contribution in [3.05, 3.63) is 70.5 Å². The molecule has 0 fully saturated rings. The second-order valence-corrected chi connectivity index (χ2v) is 5.51. The first kappa shape index (κ1) is 19.1. The van der Waals surface area contributed by atoms with Crippen molar-refractivity contribution in [2.75, 3.05) is 13.7 Å². The number of aryl methyl sites for hydroxylation is 1. The van der Waals surface area contributed by atoms with E-state index in [-0.39, 0.29) is 17.9 Å². The van der Waals surface area contributed by atoms with Gasteiger partial charge in [0.15, 0.2) is 6.61 Å². The Morgan fingerprint density at radius 1 is 1.00 bits per heavy atom. The molecule has 0 aromatic heterocycles. The highest BCUT2D eigenvalue weighted by Crippen LogP contribution is 2.09. The number of ether oxygens (including phenoxy) is 2. The zero-order valence-electron chi connectivity index (χ0n) is 14.4. The summed E-state index contributed by atoms with van der Waals surface area (Å²) in [7, 11) is 1.26. The number of hydrogen-bond acceptors (Lipinski definition) is 5. The summed E-state index contributed by atoms with van der Waals surface area (Å²) in [5, 5.41) is 2.54. The monoisotopic (exact) mass is 359 g/mol. The second-order valence-electron chi connectivity index (χ2n) is 5.51. The smallest absolute Gasteiger partial charge is 0.338 e. The Morgan fingerprint density at radius 2 is 1.62 bits per heavy atom. The summed E-state index contributed by atoms with van der Waals surface area (Å²) in [6, 6.07) is 10.3. The van der Waals surface area contributed by atoms with E-state index in [0.29, 0.717) is 16.7 Å². The Balaban J connectivity index is 1.81. The maximum absolute atomic E-state index is 13.4. The molecule has 26 heavy (non-hydrogen) atoms. The average Bonchev–Trinajstić information content (AvgIpc) is 2.66. The van der Waals surface area contributed by atoms with E-state index >= 15 is 0 Å². The molecule has 0 saturated heterocycles. The molecule has 0 aliphatic carbocycles. The molecule has 1 N–H and O–H groups in total. The normalized spacial score (nSPS) is 10.1. The Morgan fingerprint density at radius 3 is 2.19 bits per heavy atom. The van der Waals surface area contributed by atoms with Crippen molar-refractivity contribution in [2.24, 2.45) is 0 Å². The predicted octanol–water partition coefficient (Wildman–Crippen LogP) is 2.39. The molecule has 0 aliphatic heterocycles. The van der Waals surface area contributed by atoms with Crippen LogP contribution in [0.3, 0.4) is 0 Å². The van der Waals surface area contributed by atoms with E-state index in [4.69, 9.17) is 4.74 Å². The standard InChI is InChI=1S/C19H18FNO5/c1-12-3-4-13(9-16(12)20)10-21-17(22)11-26-19(24)15-7-5-14(6-8-15)18(23)25-2/h3-9H,10-11H2,1-2H3,(H,21,22). The molecule has 2 aromatic carbocycles. The van der Waals surface area contributed by atoms with Gasteiger partial charge in [-0.25, -0.2) is 14.0 Å². The van der Waals surface area contributed by atoms with Crippen molar-refractivity contribution in [2.45, 2.75) is 13.5 Å². The van der Waals surface area contributed by atoms with Crippen LogP contribution in [-0.2, 0) is 20.8 Å². The fourth-order valence-electron chi connectivity index (χ4n) is 2.07. The van der Waals surface area contributed by atoms with E-state index in [1.54, 1.807) is 19.1 Å². The number of benzene rings is 2. The molecule has 0 heterocycles. The highest BCUT2D eigenvalue weighted by Gasteiger charge is 2.12. The van der Waals surface area contributed by atoms with E-state index in [1.807, 2.05) is 0 Å². The van der Waals surface area contributed by atoms with Crippen LogP contribution in [0.1, 0.15) is 31.8 Å². The van der Waals surface area contributed by atoms with Gasteiger partial charge in [-0.3, -0.25) is 4.79 Å². The molecule has 0 radical (unpaired) electrons. The molecule has 0 atom stereocenters. The number of nitrogens with one attached hydrogen (secondary N) is 1. The molecule has 7 heteroatoms. The Kier molecular flexibility index (Phi) is 6.43. The molecule has 6 nitrogen and oxygen atoms in total. The molecule has 2 aromatic rings. The molecule has 0 bridgehead atoms. The van der Waals surface area contributed by atoms with Crippen LogP contribution in [-0.4, -0.2) is 31.6 Å². The zero-order valence-corrected chi connectivity index (χ0v) is 14.4. The molecular formula is C19H18FNO5. The first-order chi connectivity index (χ1) is 12.4. The maximum Gasteiger partial charge on any atom is 0.338 e. The summed E-state index contributed by atoms with van der Waals surface area (Å²) in [5.41, 5.74) is 1.62. The van der Waals surface area contributed by atoms with Gasteiger partial charge in [0.2, 0.25) is 0 Å². The molecule has 0 saturated carbocycles. The summed E-state index contributed by atoms with van der Waals surface area (Å²) >= 11 is 0. The average molecular weight is 359 g/mol. The first-order valence-corrected chi connectivity index (χ1v) is 7.78. The lowest BCUT2D eigenvalue weighted by atomic mass is 10.1. The van der Waals surface area contributed by atoms with Gasteiger partial charge in [-0.15, -0.1) is 0 Å². The first-order valence-electron chi connectivity index (χ1n) is 7.78. The highest BCUT2D eigenvalue weighted by molar-refractivity contribution is 5.94. The van der Waals surface area contributed by atoms with Gasteiger partial charge in [-0.1, -0.05) is 12.1 Å². The lowest BCUT2D eigenvalue weighted by molar-refractivity contribution is -0.124. The van der Waals surface area contributed by atoms with Crippen LogP contribution in [0, 0.1) is 12.7 Å². The zero-order chi connectivity index (χ0) is 19.1. The third-order valence-corrected chi connectivity index (χ3v) is 3.60. The van der Waals surface area contributed by atoms with E-state index in [1.165, 1.54) is 37.4 Å². The van der Waals surface area contributed by atoms with Gasteiger partial charge < -0.3 is 14.8 Å². The number of halogens is 1. The van der Waals surface area contributed by atoms with E-state index in [2.05, 4.69) is 10.1 Å². The lowest BCUT2D eigenvalue weighted by Crippen LogP contribution is -2.28. The second kappa shape index (κ2) is 8.75. The number of carbonyl (C=O) groups excluding carboxylic acids is 3. The van der Waals surface area contributed by atoms with Crippen molar-refractivity contribution in [1.29, 1.82) is 0 Å². The fourth-order valence-corrected chi connectivity index (χ4v) is 2.07. The molecule has 2 rings (SSSR count). The van der Waals surface area contributed by atoms with Crippen molar-refractivity contribution in [3.63, 3.8) is 0 Å². The predicted molar refractivity (Wildman–Crippen MR) is 91.0 cm³/mol. The fraction of sp³-hybridized carbons (Fsp3) is 0.211. The van der Waals surface area contributed by atoms with Crippen LogP contribution in [0.25, 0.3) is 0 Å². The lowest BCUT2D eigenvalue weighted by Gasteiger charge is -2.08. The summed E-state index contributed by atoms with van der Waals surface area (Å²) in [6.07, 6.45) is 0. The van der Waals surface area contributed by atoms with Crippen LogP contribution < -0.4 is 5.32 Å². The molecule has 0 aliphatic rings. The van der Waals surface area contributed by atoms with Crippen LogP contribution in [0.4, 0.5) is 4.39 Å². The molecule has 1 amide bonds. The number of esters is 2. The number of carbonyl (C=O) groups is 3. The SMILES string of the molecule is COC(=O)c1ccc(C(=O)OCC(=O)NCc2ccc(C)c(F)c2)cc1. The summed E-state index contributed by atoms with van der Waals surface area (Å²) in [6.45, 7) is 1.31. The molecule has 0 spiro atoms. The van der Waals surface area contributed by atoms with Crippen LogP contribution in [0.2, 0.25) is 0 Å². The Hall–Kier alpha value is -3.22. The van der Waals surface area contributed by atoms with Gasteiger partial charge in [0, 0.05) is 6.54 Å². The largest absolute Gasteiger partial charge is 0.465 e. The molecule has 0 unspecified atom stereocenters. The maximum atomic E-state index is 13.4. The van der Waals surface area contributed by atoms with Gasteiger partial charge >= 0.3 is 11.9 Å². The third kappa shape index (κ3) is 5.14. The van der Waals surface area contributed by atoms with E-state index in [9.17, 15) is 18.8 Å². The summed E-state index contributed by atoms with van der Waals surface area (Å²) < 4.78 is 22.9. The van der Waals surface area contributed by atoms with Gasteiger partial charge in [0.25, 0.3) is 5.91 Å². The van der Waals surface area contributed by atoms with Crippen molar-refractivity contribution >= 4 is 17.8 Å². The highest BCUT2D eigenvalue weighted by atomic mass is 19.1. The topological polar surface area (TPSA) is 81.7 Å². The van der Waals surface area contributed by atoms with Crippen molar-refractivity contribution in [3.8, 4) is 0 Å². The summed E-state index contributed by atoms with van der Waals surface area (Å²) in [5.74, 6) is -2.07. The Labute approximate surface area is 149 Å². The van der Waals surface area contributed by atoms with Crippen molar-refractivity contribution in [1.82, 2.24) is 5.32 Å². The van der Waals surface area contributed by atoms with Gasteiger partial charge in [-0.2, -0.15) is 0 Å². The minimum absolute atomic E-state index is 0.126. The third-order valence-electron chi connectivity index (χ3n) is 3.60. The number of amides is 1. The van der Waals surface area contributed by atoms with Gasteiger partial charge in [0.1, 0.15) is 5.82 Å². The number of methoxy groups -OCH3 is 1. The van der Waals surface area contributed by atoms with Crippen LogP contribution in [0.15, 0.2) is 42.5 Å². The van der Waals surface area contributed by atoms with Gasteiger partial charge in [0.05, 0.1) is 18.2 Å². The van der Waals surface area contributed by atoms with E-state index in [0.717, 1.165) is 0 Å². The quantitative estimate of drug-likeness (QED) is 0.801.